The van der Waals surface area contributed by atoms with Crippen LogP contribution in [-0.2, 0) is 6.18 Å². The second kappa shape index (κ2) is 5.80. The zero-order chi connectivity index (χ0) is 17.3. The molecule has 4 N–H and O–H groups in total. The van der Waals surface area contributed by atoms with Gasteiger partial charge in [0.2, 0.25) is 5.95 Å². The number of rotatable bonds is 2. The third kappa shape index (κ3) is 3.12. The van der Waals surface area contributed by atoms with Crippen molar-refractivity contribution in [1.29, 1.82) is 5.41 Å². The first kappa shape index (κ1) is 15.7. The quantitative estimate of drug-likeness (QED) is 0.494. The van der Waals surface area contributed by atoms with Gasteiger partial charge >= 0.3 is 6.18 Å². The molecule has 0 fully saturated rings. The molecule has 1 heterocycles. The summed E-state index contributed by atoms with van der Waals surface area (Å²) in [5, 5.41) is 10.0. The Bertz CT molecular complexity index is 907. The summed E-state index contributed by atoms with van der Waals surface area (Å²) in [6, 6.07) is 12.0. The number of aromatic nitrogens is 2. The van der Waals surface area contributed by atoms with E-state index in [-0.39, 0.29) is 17.3 Å². The SMILES string of the molecule is N=C(N)Nc1nc(-c2ccccc2)c2cc(C(F)(F)F)ccc2n1. The van der Waals surface area contributed by atoms with Crippen LogP contribution in [0, 0.1) is 5.41 Å². The van der Waals surface area contributed by atoms with Crippen LogP contribution in [-0.4, -0.2) is 15.9 Å². The fourth-order valence-corrected chi connectivity index (χ4v) is 2.30. The number of hydrogen-bond acceptors (Lipinski definition) is 3. The van der Waals surface area contributed by atoms with Crippen LogP contribution in [0.1, 0.15) is 5.56 Å². The first-order valence-corrected chi connectivity index (χ1v) is 6.90. The van der Waals surface area contributed by atoms with Crippen LogP contribution in [0.25, 0.3) is 22.2 Å². The molecule has 0 amide bonds. The second-order valence-electron chi connectivity index (χ2n) is 5.03. The zero-order valence-electron chi connectivity index (χ0n) is 12.2. The molecule has 0 aliphatic carbocycles. The maximum Gasteiger partial charge on any atom is 0.416 e. The van der Waals surface area contributed by atoms with Crippen molar-refractivity contribution in [3.8, 4) is 11.3 Å². The van der Waals surface area contributed by atoms with E-state index in [0.29, 0.717) is 16.8 Å². The van der Waals surface area contributed by atoms with Crippen molar-refractivity contribution < 1.29 is 13.2 Å². The number of nitrogens with one attached hydrogen (secondary N) is 2. The van der Waals surface area contributed by atoms with Crippen LogP contribution < -0.4 is 11.1 Å². The summed E-state index contributed by atoms with van der Waals surface area (Å²) in [6.45, 7) is 0. The summed E-state index contributed by atoms with van der Waals surface area (Å²) in [6.07, 6.45) is -4.46. The lowest BCUT2D eigenvalue weighted by Crippen LogP contribution is -2.22. The second-order valence-corrected chi connectivity index (χ2v) is 5.03. The molecule has 2 aromatic carbocycles. The van der Waals surface area contributed by atoms with Crippen LogP contribution in [0.4, 0.5) is 19.1 Å². The maximum atomic E-state index is 13.0. The Kier molecular flexibility index (Phi) is 3.80. The molecule has 0 atom stereocenters. The Morgan fingerprint density at radius 1 is 1.04 bits per heavy atom. The van der Waals surface area contributed by atoms with Gasteiger partial charge in [-0.3, -0.25) is 10.7 Å². The Morgan fingerprint density at radius 2 is 1.75 bits per heavy atom. The Balaban J connectivity index is 2.28. The van der Waals surface area contributed by atoms with Gasteiger partial charge in [0.15, 0.2) is 5.96 Å². The van der Waals surface area contributed by atoms with E-state index in [0.717, 1.165) is 12.1 Å². The molecule has 0 saturated heterocycles. The van der Waals surface area contributed by atoms with Crippen molar-refractivity contribution >= 4 is 22.8 Å². The topological polar surface area (TPSA) is 87.7 Å². The smallest absolute Gasteiger partial charge is 0.370 e. The number of benzene rings is 2. The van der Waals surface area contributed by atoms with Crippen molar-refractivity contribution in [2.75, 3.05) is 5.32 Å². The molecule has 0 aliphatic heterocycles. The zero-order valence-corrected chi connectivity index (χ0v) is 12.2. The van der Waals surface area contributed by atoms with E-state index in [1.165, 1.54) is 6.07 Å². The number of alkyl halides is 3. The molecule has 3 aromatic rings. The van der Waals surface area contributed by atoms with Gasteiger partial charge in [-0.15, -0.1) is 0 Å². The third-order valence-corrected chi connectivity index (χ3v) is 3.32. The minimum Gasteiger partial charge on any atom is -0.370 e. The van der Waals surface area contributed by atoms with E-state index in [9.17, 15) is 13.2 Å². The van der Waals surface area contributed by atoms with Crippen LogP contribution in [0.2, 0.25) is 0 Å². The molecule has 0 radical (unpaired) electrons. The minimum atomic E-state index is -4.46. The minimum absolute atomic E-state index is 0.0496. The first-order chi connectivity index (χ1) is 11.3. The van der Waals surface area contributed by atoms with Crippen LogP contribution in [0.5, 0.6) is 0 Å². The van der Waals surface area contributed by atoms with Gasteiger partial charge in [0.25, 0.3) is 0 Å². The number of hydrogen-bond donors (Lipinski definition) is 3. The lowest BCUT2D eigenvalue weighted by atomic mass is 10.0. The number of nitrogens with two attached hydrogens (primary N) is 1. The average Bonchev–Trinajstić information content (AvgIpc) is 2.53. The van der Waals surface area contributed by atoms with Gasteiger partial charge in [0.05, 0.1) is 16.8 Å². The van der Waals surface area contributed by atoms with E-state index in [1.807, 2.05) is 0 Å². The lowest BCUT2D eigenvalue weighted by Gasteiger charge is -2.12. The molecule has 8 heteroatoms. The highest BCUT2D eigenvalue weighted by Gasteiger charge is 2.31. The molecule has 24 heavy (non-hydrogen) atoms. The van der Waals surface area contributed by atoms with Gasteiger partial charge in [0.1, 0.15) is 0 Å². The molecule has 0 aliphatic rings. The summed E-state index contributed by atoms with van der Waals surface area (Å²) < 4.78 is 39.0. The van der Waals surface area contributed by atoms with E-state index in [4.69, 9.17) is 11.1 Å². The highest BCUT2D eigenvalue weighted by atomic mass is 19.4. The molecule has 5 nitrogen and oxygen atoms in total. The predicted octanol–water partition coefficient (Wildman–Crippen LogP) is 3.62. The number of halogens is 3. The molecule has 0 spiro atoms. The number of anilines is 1. The number of fused-ring (bicyclic) bond motifs is 1. The monoisotopic (exact) mass is 331 g/mol. The summed E-state index contributed by atoms with van der Waals surface area (Å²) >= 11 is 0. The highest BCUT2D eigenvalue weighted by molar-refractivity contribution is 5.95. The first-order valence-electron chi connectivity index (χ1n) is 6.90. The number of guanidine groups is 1. The summed E-state index contributed by atoms with van der Waals surface area (Å²) in [5.74, 6) is -0.311. The average molecular weight is 331 g/mol. The van der Waals surface area contributed by atoms with Crippen molar-refractivity contribution in [3.63, 3.8) is 0 Å². The molecule has 0 bridgehead atoms. The molecule has 1 aromatic heterocycles. The van der Waals surface area contributed by atoms with E-state index in [2.05, 4.69) is 15.3 Å². The maximum absolute atomic E-state index is 13.0. The van der Waals surface area contributed by atoms with Crippen molar-refractivity contribution in [1.82, 2.24) is 9.97 Å². The molecule has 0 unspecified atom stereocenters. The standard InChI is InChI=1S/C16H12F3N5/c17-16(18,19)10-6-7-12-11(8-10)13(9-4-2-1-3-5-9)23-15(22-12)24-14(20)21/h1-8H,(H4,20,21,22,23,24). The van der Waals surface area contributed by atoms with Gasteiger partial charge < -0.3 is 5.73 Å². The third-order valence-electron chi connectivity index (χ3n) is 3.32. The molecular weight excluding hydrogens is 319 g/mol. The van der Waals surface area contributed by atoms with E-state index in [1.54, 1.807) is 30.3 Å². The Morgan fingerprint density at radius 3 is 2.38 bits per heavy atom. The van der Waals surface area contributed by atoms with Gasteiger partial charge in [0, 0.05) is 10.9 Å². The van der Waals surface area contributed by atoms with Gasteiger partial charge in [-0.1, -0.05) is 30.3 Å². The molecule has 122 valence electrons. The van der Waals surface area contributed by atoms with E-state index >= 15 is 0 Å². The summed E-state index contributed by atoms with van der Waals surface area (Å²) in [7, 11) is 0. The Labute approximate surface area is 134 Å². The summed E-state index contributed by atoms with van der Waals surface area (Å²) in [5.41, 5.74) is 5.79. The Hall–Kier alpha value is -3.16. The van der Waals surface area contributed by atoms with Gasteiger partial charge in [-0.05, 0) is 18.2 Å². The molecular formula is C16H12F3N5. The largest absolute Gasteiger partial charge is 0.416 e. The fraction of sp³-hybridized carbons (Fsp3) is 0.0625. The predicted molar refractivity (Wildman–Crippen MR) is 85.5 cm³/mol. The van der Waals surface area contributed by atoms with Crippen molar-refractivity contribution in [3.05, 3.63) is 54.1 Å². The van der Waals surface area contributed by atoms with Crippen molar-refractivity contribution in [2.45, 2.75) is 6.18 Å². The lowest BCUT2D eigenvalue weighted by molar-refractivity contribution is -0.137. The number of nitrogens with zero attached hydrogens (tertiary/aromatic N) is 2. The van der Waals surface area contributed by atoms with Crippen LogP contribution >= 0.6 is 0 Å². The molecule has 0 saturated carbocycles. The van der Waals surface area contributed by atoms with Gasteiger partial charge in [-0.2, -0.15) is 13.2 Å². The normalized spacial score (nSPS) is 11.5. The van der Waals surface area contributed by atoms with Crippen LogP contribution in [0.3, 0.4) is 0 Å². The molecule has 3 rings (SSSR count). The van der Waals surface area contributed by atoms with Gasteiger partial charge in [-0.25, -0.2) is 9.97 Å². The van der Waals surface area contributed by atoms with E-state index < -0.39 is 11.7 Å². The fourth-order valence-electron chi connectivity index (χ4n) is 2.30. The highest BCUT2D eigenvalue weighted by Crippen LogP contribution is 2.34. The van der Waals surface area contributed by atoms with Crippen LogP contribution in [0.15, 0.2) is 48.5 Å². The van der Waals surface area contributed by atoms with Crippen molar-refractivity contribution in [2.24, 2.45) is 5.73 Å². The summed E-state index contributed by atoms with van der Waals surface area (Å²) in [4.78, 5) is 8.34.